The van der Waals surface area contributed by atoms with Gasteiger partial charge in [-0.25, -0.2) is 4.39 Å². The minimum Gasteiger partial charge on any atom is -0.368 e. The van der Waals surface area contributed by atoms with Crippen molar-refractivity contribution in [2.24, 2.45) is 0 Å². The molecule has 0 aliphatic carbocycles. The van der Waals surface area contributed by atoms with Crippen molar-refractivity contribution in [1.82, 2.24) is 4.98 Å². The number of hydrogen-bond acceptors (Lipinski definition) is 3. The first-order valence-corrected chi connectivity index (χ1v) is 7.38. The average molecular weight is 336 g/mol. The first kappa shape index (κ1) is 13.4. The van der Waals surface area contributed by atoms with Crippen molar-refractivity contribution in [3.05, 3.63) is 53.0 Å². The Bertz CT molecular complexity index is 580. The van der Waals surface area contributed by atoms with Crippen LogP contribution >= 0.6 is 15.9 Å². The maximum absolute atomic E-state index is 12.9. The topological polar surface area (TPSA) is 19.4 Å². The minimum atomic E-state index is -0.187. The molecule has 0 unspecified atom stereocenters. The van der Waals surface area contributed by atoms with Crippen LogP contribution in [0.1, 0.15) is 0 Å². The lowest BCUT2D eigenvalue weighted by molar-refractivity contribution is 0.624. The molecule has 0 saturated carbocycles. The summed E-state index contributed by atoms with van der Waals surface area (Å²) in [5, 5.41) is 0. The Balaban J connectivity index is 1.68. The van der Waals surface area contributed by atoms with Crippen molar-refractivity contribution < 1.29 is 4.39 Å². The predicted octanol–water partition coefficient (Wildman–Crippen LogP) is 3.31. The smallest absolute Gasteiger partial charge is 0.123 e. The van der Waals surface area contributed by atoms with E-state index >= 15 is 0 Å². The van der Waals surface area contributed by atoms with Gasteiger partial charge in [-0.15, -0.1) is 0 Å². The molecule has 20 heavy (non-hydrogen) atoms. The van der Waals surface area contributed by atoms with E-state index in [0.29, 0.717) is 0 Å². The van der Waals surface area contributed by atoms with Crippen LogP contribution in [0.2, 0.25) is 0 Å². The van der Waals surface area contributed by atoms with E-state index in [1.807, 2.05) is 30.6 Å². The molecule has 0 bridgehead atoms. The fourth-order valence-electron chi connectivity index (χ4n) is 2.48. The number of benzene rings is 1. The molecule has 1 aromatic heterocycles. The van der Waals surface area contributed by atoms with Crippen molar-refractivity contribution in [2.45, 2.75) is 0 Å². The summed E-state index contributed by atoms with van der Waals surface area (Å²) in [6.07, 6.45) is 3.63. The Kier molecular flexibility index (Phi) is 3.87. The Morgan fingerprint density at radius 3 is 2.25 bits per heavy atom. The number of nitrogens with zero attached hydrogens (tertiary/aromatic N) is 3. The lowest BCUT2D eigenvalue weighted by Crippen LogP contribution is -2.46. The third kappa shape index (κ3) is 2.77. The maximum atomic E-state index is 12.9. The van der Waals surface area contributed by atoms with Crippen molar-refractivity contribution in [3.8, 4) is 0 Å². The third-order valence-electron chi connectivity index (χ3n) is 3.56. The van der Waals surface area contributed by atoms with Gasteiger partial charge in [0.05, 0.1) is 10.2 Å². The average Bonchev–Trinajstić information content (AvgIpc) is 2.49. The van der Waals surface area contributed by atoms with E-state index in [4.69, 9.17) is 0 Å². The van der Waals surface area contributed by atoms with E-state index in [2.05, 4.69) is 30.7 Å². The lowest BCUT2D eigenvalue weighted by Gasteiger charge is -2.37. The molecule has 2 aromatic rings. The van der Waals surface area contributed by atoms with Crippen LogP contribution in [0.3, 0.4) is 0 Å². The third-order valence-corrected chi connectivity index (χ3v) is 4.17. The highest BCUT2D eigenvalue weighted by Crippen LogP contribution is 2.26. The summed E-state index contributed by atoms with van der Waals surface area (Å²) >= 11 is 3.54. The highest BCUT2D eigenvalue weighted by atomic mass is 79.9. The van der Waals surface area contributed by atoms with E-state index in [0.717, 1.165) is 36.3 Å². The fraction of sp³-hybridized carbons (Fsp3) is 0.267. The molecule has 0 atom stereocenters. The standard InChI is InChI=1S/C15H15BrFN3/c16-14-11-18-6-5-15(14)20-9-7-19(8-10-20)13-3-1-12(17)2-4-13/h1-6,11H,7-10H2. The molecular formula is C15H15BrFN3. The number of halogens is 2. The molecule has 0 N–H and O–H groups in total. The molecular weight excluding hydrogens is 321 g/mol. The number of pyridine rings is 1. The second-order valence-electron chi connectivity index (χ2n) is 4.78. The number of aromatic nitrogens is 1. The molecule has 1 aliphatic heterocycles. The zero-order chi connectivity index (χ0) is 13.9. The molecule has 1 aliphatic rings. The summed E-state index contributed by atoms with van der Waals surface area (Å²) in [6, 6.07) is 8.74. The van der Waals surface area contributed by atoms with Gasteiger partial charge in [0.2, 0.25) is 0 Å². The fourth-order valence-corrected chi connectivity index (χ4v) is 2.98. The van der Waals surface area contributed by atoms with Gasteiger partial charge in [0.25, 0.3) is 0 Å². The maximum Gasteiger partial charge on any atom is 0.123 e. The largest absolute Gasteiger partial charge is 0.368 e. The van der Waals surface area contributed by atoms with Crippen LogP contribution in [0.25, 0.3) is 0 Å². The van der Waals surface area contributed by atoms with E-state index in [9.17, 15) is 4.39 Å². The Morgan fingerprint density at radius 1 is 0.950 bits per heavy atom. The molecule has 104 valence electrons. The molecule has 1 aromatic carbocycles. The molecule has 0 amide bonds. The van der Waals surface area contributed by atoms with Crippen LogP contribution in [0.5, 0.6) is 0 Å². The summed E-state index contributed by atoms with van der Waals surface area (Å²) in [7, 11) is 0. The van der Waals surface area contributed by atoms with Crippen molar-refractivity contribution in [1.29, 1.82) is 0 Å². The molecule has 3 rings (SSSR count). The first-order chi connectivity index (χ1) is 9.74. The van der Waals surface area contributed by atoms with Gasteiger partial charge in [-0.1, -0.05) is 0 Å². The number of rotatable bonds is 2. The number of anilines is 2. The zero-order valence-electron chi connectivity index (χ0n) is 11.0. The Morgan fingerprint density at radius 2 is 1.60 bits per heavy atom. The van der Waals surface area contributed by atoms with Crippen molar-refractivity contribution >= 4 is 27.3 Å². The molecule has 0 radical (unpaired) electrons. The summed E-state index contributed by atoms with van der Waals surface area (Å²) in [6.45, 7) is 3.75. The molecule has 1 fully saturated rings. The zero-order valence-corrected chi connectivity index (χ0v) is 12.6. The minimum absolute atomic E-state index is 0.187. The number of piperazine rings is 1. The van der Waals surface area contributed by atoms with Crippen LogP contribution < -0.4 is 9.80 Å². The van der Waals surface area contributed by atoms with Gasteiger partial charge >= 0.3 is 0 Å². The van der Waals surface area contributed by atoms with E-state index < -0.39 is 0 Å². The van der Waals surface area contributed by atoms with Crippen LogP contribution in [0, 0.1) is 5.82 Å². The second-order valence-corrected chi connectivity index (χ2v) is 5.63. The molecule has 5 heteroatoms. The monoisotopic (exact) mass is 335 g/mol. The van der Waals surface area contributed by atoms with Gasteiger partial charge in [0, 0.05) is 44.3 Å². The summed E-state index contributed by atoms with van der Waals surface area (Å²) in [5.41, 5.74) is 2.26. The molecule has 2 heterocycles. The SMILES string of the molecule is Fc1ccc(N2CCN(c3ccncc3Br)CC2)cc1. The predicted molar refractivity (Wildman–Crippen MR) is 82.8 cm³/mol. The summed E-state index contributed by atoms with van der Waals surface area (Å²) in [5.74, 6) is -0.187. The van der Waals surface area contributed by atoms with Gasteiger partial charge in [-0.3, -0.25) is 4.98 Å². The van der Waals surface area contributed by atoms with Gasteiger partial charge in [-0.05, 0) is 46.3 Å². The van der Waals surface area contributed by atoms with Crippen LogP contribution in [-0.4, -0.2) is 31.2 Å². The van der Waals surface area contributed by atoms with Gasteiger partial charge in [0.1, 0.15) is 5.82 Å². The summed E-state index contributed by atoms with van der Waals surface area (Å²) < 4.78 is 14.0. The normalized spacial score (nSPS) is 15.5. The van der Waals surface area contributed by atoms with Crippen LogP contribution in [0.4, 0.5) is 15.8 Å². The molecule has 3 nitrogen and oxygen atoms in total. The lowest BCUT2D eigenvalue weighted by atomic mass is 10.2. The van der Waals surface area contributed by atoms with E-state index in [-0.39, 0.29) is 5.82 Å². The Labute approximate surface area is 126 Å². The van der Waals surface area contributed by atoms with E-state index in [1.54, 1.807) is 0 Å². The van der Waals surface area contributed by atoms with Gasteiger partial charge in [-0.2, -0.15) is 0 Å². The number of hydrogen-bond donors (Lipinski definition) is 0. The van der Waals surface area contributed by atoms with Crippen LogP contribution in [0.15, 0.2) is 47.2 Å². The second kappa shape index (κ2) is 5.79. The first-order valence-electron chi connectivity index (χ1n) is 6.59. The van der Waals surface area contributed by atoms with Crippen LogP contribution in [-0.2, 0) is 0 Å². The van der Waals surface area contributed by atoms with Crippen molar-refractivity contribution in [3.63, 3.8) is 0 Å². The van der Waals surface area contributed by atoms with Crippen molar-refractivity contribution in [2.75, 3.05) is 36.0 Å². The highest BCUT2D eigenvalue weighted by molar-refractivity contribution is 9.10. The Hall–Kier alpha value is -1.62. The molecule has 0 spiro atoms. The quantitative estimate of drug-likeness (QED) is 0.839. The summed E-state index contributed by atoms with van der Waals surface area (Å²) in [4.78, 5) is 8.71. The van der Waals surface area contributed by atoms with Gasteiger partial charge in [0.15, 0.2) is 0 Å². The van der Waals surface area contributed by atoms with Gasteiger partial charge < -0.3 is 9.80 Å². The highest BCUT2D eigenvalue weighted by Gasteiger charge is 2.18. The van der Waals surface area contributed by atoms with E-state index in [1.165, 1.54) is 17.8 Å². The molecule has 1 saturated heterocycles.